The first-order valence-electron chi connectivity index (χ1n) is 14.5. The molecule has 39 heavy (non-hydrogen) atoms. The Morgan fingerprint density at radius 1 is 1.28 bits per heavy atom. The van der Waals surface area contributed by atoms with Crippen molar-refractivity contribution in [2.45, 2.75) is 76.8 Å². The van der Waals surface area contributed by atoms with Crippen LogP contribution >= 0.6 is 0 Å². The summed E-state index contributed by atoms with van der Waals surface area (Å²) in [6, 6.07) is 7.03. The number of carbonyl (C=O) groups is 1. The average Bonchev–Trinajstić information content (AvgIpc) is 3.35. The number of carboxylic acids is 1. The van der Waals surface area contributed by atoms with E-state index in [2.05, 4.69) is 28.3 Å². The smallest absolute Gasteiger partial charge is 0.325 e. The van der Waals surface area contributed by atoms with E-state index >= 15 is 0 Å². The molecule has 0 amide bonds. The van der Waals surface area contributed by atoms with Crippen LogP contribution in [0.2, 0.25) is 0 Å². The van der Waals surface area contributed by atoms with Crippen LogP contribution in [-0.2, 0) is 11.2 Å². The second-order valence-electron chi connectivity index (χ2n) is 11.7. The quantitative estimate of drug-likeness (QED) is 0.315. The van der Waals surface area contributed by atoms with Crippen LogP contribution in [0.4, 0.5) is 10.2 Å². The molecule has 8 heteroatoms. The summed E-state index contributed by atoms with van der Waals surface area (Å²) in [5.41, 5.74) is 2.52. The summed E-state index contributed by atoms with van der Waals surface area (Å²) >= 11 is 0. The summed E-state index contributed by atoms with van der Waals surface area (Å²) < 4.78 is 20.2. The Morgan fingerprint density at radius 2 is 2.10 bits per heavy atom. The van der Waals surface area contributed by atoms with Crippen molar-refractivity contribution >= 4 is 11.8 Å². The molecular weight excluding hydrogens is 495 g/mol. The van der Waals surface area contributed by atoms with Gasteiger partial charge in [-0.15, -0.1) is 0 Å². The van der Waals surface area contributed by atoms with Gasteiger partial charge in [0, 0.05) is 30.9 Å². The molecule has 3 atom stereocenters. The fraction of sp³-hybridized carbons (Fsp3) is 0.613. The molecule has 2 N–H and O–H groups in total. The van der Waals surface area contributed by atoms with Crippen LogP contribution in [0.25, 0.3) is 0 Å². The summed E-state index contributed by atoms with van der Waals surface area (Å²) in [5, 5.41) is 13.8. The summed E-state index contributed by atoms with van der Waals surface area (Å²) in [5.74, 6) is 0.110. The molecule has 1 fully saturated rings. The number of rotatable bonds is 13. The highest BCUT2D eigenvalue weighted by atomic mass is 19.1. The highest BCUT2D eigenvalue weighted by Crippen LogP contribution is 2.37. The Morgan fingerprint density at radius 3 is 2.85 bits per heavy atom. The van der Waals surface area contributed by atoms with Gasteiger partial charge in [0.05, 0.1) is 7.11 Å². The highest BCUT2D eigenvalue weighted by molar-refractivity contribution is 5.77. The van der Waals surface area contributed by atoms with E-state index in [9.17, 15) is 14.3 Å². The zero-order chi connectivity index (χ0) is 27.9. The minimum absolute atomic E-state index is 0.0382. The molecule has 1 aromatic carbocycles. The second kappa shape index (κ2) is 13.6. The maximum atomic E-state index is 14.8. The van der Waals surface area contributed by atoms with Gasteiger partial charge in [-0.05, 0) is 93.4 Å². The number of likely N-dealkylation sites (tertiary alicyclic amines) is 1. The molecule has 0 radical (unpaired) electrons. The molecule has 2 aliphatic rings. The Hall–Kier alpha value is -2.71. The number of aromatic nitrogens is 1. The fourth-order valence-electron chi connectivity index (χ4n) is 6.18. The number of unbranched alkanes of at least 4 members (excludes halogenated alkanes) is 2. The van der Waals surface area contributed by atoms with Crippen molar-refractivity contribution in [3.8, 4) is 5.75 Å². The first-order chi connectivity index (χ1) is 18.8. The van der Waals surface area contributed by atoms with Crippen molar-refractivity contribution in [2.75, 3.05) is 45.7 Å². The van der Waals surface area contributed by atoms with Crippen LogP contribution < -0.4 is 10.1 Å². The maximum Gasteiger partial charge on any atom is 0.325 e. The molecule has 1 aromatic heterocycles. The number of carboxylic acid groups (broad SMARTS) is 1. The largest absolute Gasteiger partial charge is 0.493 e. The van der Waals surface area contributed by atoms with Crippen molar-refractivity contribution in [3.05, 3.63) is 53.0 Å². The lowest BCUT2D eigenvalue weighted by molar-refractivity contribution is -0.143. The van der Waals surface area contributed by atoms with E-state index in [0.717, 1.165) is 43.7 Å². The number of halogens is 1. The Balaban J connectivity index is 1.23. The third-order valence-corrected chi connectivity index (χ3v) is 8.33. The number of methoxy groups -OCH3 is 1. The molecule has 214 valence electrons. The highest BCUT2D eigenvalue weighted by Gasteiger charge is 2.36. The lowest BCUT2D eigenvalue weighted by Gasteiger charge is -2.28. The Bertz CT molecular complexity index is 1110. The van der Waals surface area contributed by atoms with E-state index in [0.29, 0.717) is 30.6 Å². The number of aliphatic carboxylic acids is 1. The number of benzene rings is 1. The number of fused-ring (bicyclic) bond motifs is 1. The van der Waals surface area contributed by atoms with E-state index in [-0.39, 0.29) is 11.7 Å². The lowest BCUT2D eigenvalue weighted by Crippen LogP contribution is -2.34. The zero-order valence-corrected chi connectivity index (χ0v) is 24.0. The summed E-state index contributed by atoms with van der Waals surface area (Å²) in [6.45, 7) is 7.29. The van der Waals surface area contributed by atoms with Crippen molar-refractivity contribution in [1.29, 1.82) is 0 Å². The number of hydrogen-bond donors (Lipinski definition) is 2. The van der Waals surface area contributed by atoms with Gasteiger partial charge in [-0.1, -0.05) is 32.8 Å². The maximum absolute atomic E-state index is 14.8. The molecule has 0 aliphatic carbocycles. The van der Waals surface area contributed by atoms with Crippen molar-refractivity contribution in [1.82, 2.24) is 14.8 Å². The van der Waals surface area contributed by atoms with Crippen LogP contribution in [0.15, 0.2) is 30.5 Å². The van der Waals surface area contributed by atoms with E-state index in [1.165, 1.54) is 44.4 Å². The van der Waals surface area contributed by atoms with Gasteiger partial charge in [-0.25, -0.2) is 9.37 Å². The second-order valence-corrected chi connectivity index (χ2v) is 11.7. The van der Waals surface area contributed by atoms with Gasteiger partial charge >= 0.3 is 5.97 Å². The molecular formula is C31H45FN4O3. The first kappa shape index (κ1) is 29.3. The molecule has 3 heterocycles. The van der Waals surface area contributed by atoms with Crippen LogP contribution in [0.5, 0.6) is 5.75 Å². The van der Waals surface area contributed by atoms with Crippen LogP contribution in [-0.4, -0.2) is 72.2 Å². The molecule has 2 unspecified atom stereocenters. The number of pyridine rings is 1. The van der Waals surface area contributed by atoms with Gasteiger partial charge in [-0.3, -0.25) is 9.69 Å². The molecule has 2 aliphatic heterocycles. The van der Waals surface area contributed by atoms with Crippen molar-refractivity contribution in [3.63, 3.8) is 0 Å². The minimum atomic E-state index is -0.964. The molecule has 7 nitrogen and oxygen atoms in total. The topological polar surface area (TPSA) is 77.9 Å². The van der Waals surface area contributed by atoms with Crippen molar-refractivity contribution < 1.29 is 19.0 Å². The Kier molecular flexibility index (Phi) is 10.2. The lowest BCUT2D eigenvalue weighted by atomic mass is 9.95. The summed E-state index contributed by atoms with van der Waals surface area (Å²) in [6.07, 6.45) is 9.82. The monoisotopic (exact) mass is 540 g/mol. The molecule has 4 rings (SSSR count). The number of aryl methyl sites for hydroxylation is 1. The van der Waals surface area contributed by atoms with Crippen LogP contribution in [0, 0.1) is 11.7 Å². The van der Waals surface area contributed by atoms with Gasteiger partial charge in [0.1, 0.15) is 11.9 Å². The SMILES string of the molecule is COc1c(F)cc(C(C)C)cc1C(C(=O)O)N1CCC(CN(C)CCCCC[C@H]2CCc3cccnc3N2)C1. The summed E-state index contributed by atoms with van der Waals surface area (Å²) in [7, 11) is 3.56. The average molecular weight is 541 g/mol. The van der Waals surface area contributed by atoms with E-state index in [1.54, 1.807) is 0 Å². The summed E-state index contributed by atoms with van der Waals surface area (Å²) in [4.78, 5) is 21.2. The standard InChI is InChI=1S/C31H45FN4O3/c1-21(2)24-17-26(29(39-4)27(32)18-24)28(31(37)38)36-16-13-22(20-36)19-35(3)15-7-5-6-10-25-12-11-23-9-8-14-33-30(23)34-25/h8-9,14,17-18,21-22,25,28H,5-7,10-13,15-16,19-20H2,1-4H3,(H,33,34)(H,37,38)/t22?,25-,28?/m0/s1. The van der Waals surface area contributed by atoms with E-state index < -0.39 is 17.8 Å². The first-order valence-corrected chi connectivity index (χ1v) is 14.5. The van der Waals surface area contributed by atoms with Crippen molar-refractivity contribution in [2.24, 2.45) is 5.92 Å². The molecule has 0 saturated carbocycles. The number of anilines is 1. The number of hydrogen-bond acceptors (Lipinski definition) is 6. The van der Waals surface area contributed by atoms with Gasteiger partial charge in [0.25, 0.3) is 0 Å². The van der Waals surface area contributed by atoms with Crippen LogP contribution in [0.3, 0.4) is 0 Å². The van der Waals surface area contributed by atoms with Gasteiger partial charge in [-0.2, -0.15) is 0 Å². The minimum Gasteiger partial charge on any atom is -0.493 e. The van der Waals surface area contributed by atoms with Crippen LogP contribution in [0.1, 0.15) is 81.0 Å². The van der Waals surface area contributed by atoms with E-state index in [1.807, 2.05) is 37.1 Å². The number of nitrogens with one attached hydrogen (secondary N) is 1. The normalized spacial score (nSPS) is 20.2. The van der Waals surface area contributed by atoms with Gasteiger partial charge in [0.15, 0.2) is 11.6 Å². The molecule has 0 bridgehead atoms. The number of ether oxygens (including phenoxy) is 1. The predicted molar refractivity (Wildman–Crippen MR) is 153 cm³/mol. The number of nitrogens with zero attached hydrogens (tertiary/aromatic N) is 3. The third-order valence-electron chi connectivity index (χ3n) is 8.33. The van der Waals surface area contributed by atoms with Gasteiger partial charge in [0.2, 0.25) is 0 Å². The Labute approximate surface area is 232 Å². The zero-order valence-electron chi connectivity index (χ0n) is 24.0. The molecule has 0 spiro atoms. The molecule has 2 aromatic rings. The fourth-order valence-corrected chi connectivity index (χ4v) is 6.18. The van der Waals surface area contributed by atoms with E-state index in [4.69, 9.17) is 4.74 Å². The molecule has 1 saturated heterocycles. The third kappa shape index (κ3) is 7.48. The van der Waals surface area contributed by atoms with Gasteiger partial charge < -0.3 is 20.1 Å². The predicted octanol–water partition coefficient (Wildman–Crippen LogP) is 5.72.